The van der Waals surface area contributed by atoms with Crippen molar-refractivity contribution in [1.82, 2.24) is 0 Å². The number of halogens is 2. The predicted molar refractivity (Wildman–Crippen MR) is 68.0 cm³/mol. The van der Waals surface area contributed by atoms with Crippen LogP contribution in [0.4, 0.5) is 8.78 Å². The summed E-state index contributed by atoms with van der Waals surface area (Å²) in [7, 11) is 0. The molecular weight excluding hydrogens is 234 g/mol. The van der Waals surface area contributed by atoms with Crippen LogP contribution in [-0.2, 0) is 0 Å². The molecule has 1 N–H and O–H groups in total. The third-order valence-electron chi connectivity index (χ3n) is 3.62. The summed E-state index contributed by atoms with van der Waals surface area (Å²) in [6.45, 7) is -0.0541. The highest BCUT2D eigenvalue weighted by atomic mass is 19.1. The zero-order chi connectivity index (χ0) is 13.0. The lowest BCUT2D eigenvalue weighted by Gasteiger charge is -2.23. The number of hydrogen-bond acceptors (Lipinski definition) is 1. The Labute approximate surface area is 106 Å². The number of aliphatic hydroxyl groups is 1. The molecule has 1 aliphatic rings. The second-order valence-electron chi connectivity index (χ2n) is 4.88. The smallest absolute Gasteiger partial charge is 0.133 e. The summed E-state index contributed by atoms with van der Waals surface area (Å²) in [5.74, 6) is -0.808. The summed E-state index contributed by atoms with van der Waals surface area (Å²) in [6, 6.07) is 3.54. The van der Waals surface area contributed by atoms with Crippen LogP contribution in [0, 0.1) is 17.6 Å². The van der Waals surface area contributed by atoms with Crippen molar-refractivity contribution in [2.75, 3.05) is 6.61 Å². The number of aliphatic hydroxyl groups excluding tert-OH is 1. The third kappa shape index (κ3) is 3.16. The monoisotopic (exact) mass is 252 g/mol. The second-order valence-corrected chi connectivity index (χ2v) is 4.88. The van der Waals surface area contributed by atoms with E-state index in [1.54, 1.807) is 6.08 Å². The fraction of sp³-hybridized carbons (Fsp3) is 0.467. The number of rotatable bonds is 3. The van der Waals surface area contributed by atoms with Gasteiger partial charge in [0.15, 0.2) is 0 Å². The molecule has 1 fully saturated rings. The van der Waals surface area contributed by atoms with Crippen LogP contribution in [0.2, 0.25) is 0 Å². The molecule has 98 valence electrons. The summed E-state index contributed by atoms with van der Waals surface area (Å²) < 4.78 is 26.4. The lowest BCUT2D eigenvalue weighted by atomic mass is 9.83. The van der Waals surface area contributed by atoms with Crippen molar-refractivity contribution in [3.8, 4) is 0 Å². The van der Waals surface area contributed by atoms with Gasteiger partial charge in [-0.05, 0) is 36.5 Å². The highest BCUT2D eigenvalue weighted by Crippen LogP contribution is 2.30. The van der Waals surface area contributed by atoms with Gasteiger partial charge in [-0.3, -0.25) is 0 Å². The van der Waals surface area contributed by atoms with Crippen LogP contribution in [-0.4, -0.2) is 11.7 Å². The van der Waals surface area contributed by atoms with E-state index in [2.05, 4.69) is 0 Å². The quantitative estimate of drug-likeness (QED) is 0.864. The lowest BCUT2D eigenvalue weighted by molar-refractivity contribution is 0.295. The van der Waals surface area contributed by atoms with Crippen LogP contribution >= 0.6 is 0 Å². The van der Waals surface area contributed by atoms with E-state index in [0.29, 0.717) is 11.5 Å². The van der Waals surface area contributed by atoms with Crippen molar-refractivity contribution in [2.24, 2.45) is 5.92 Å². The molecule has 1 aromatic carbocycles. The first-order chi connectivity index (χ1) is 8.70. The first-order valence-electron chi connectivity index (χ1n) is 6.47. The summed E-state index contributed by atoms with van der Waals surface area (Å²) in [6.07, 6.45) is 7.33. The highest BCUT2D eigenvalue weighted by molar-refractivity contribution is 5.54. The highest BCUT2D eigenvalue weighted by Gasteiger charge is 2.17. The van der Waals surface area contributed by atoms with E-state index in [-0.39, 0.29) is 6.61 Å². The average Bonchev–Trinajstić information content (AvgIpc) is 2.39. The molecule has 2 rings (SSSR count). The molecule has 0 unspecified atom stereocenters. The lowest BCUT2D eigenvalue weighted by Crippen LogP contribution is -2.11. The maximum atomic E-state index is 13.5. The molecule has 0 spiro atoms. The minimum absolute atomic E-state index is 0.0541. The summed E-state index contributed by atoms with van der Waals surface area (Å²) in [5, 5.41) is 9.42. The minimum atomic E-state index is -0.576. The Kier molecular flexibility index (Phi) is 4.48. The molecular formula is C15H18F2O. The van der Waals surface area contributed by atoms with Gasteiger partial charge in [0.25, 0.3) is 0 Å². The Balaban J connectivity index is 2.22. The van der Waals surface area contributed by atoms with Crippen molar-refractivity contribution in [2.45, 2.75) is 32.1 Å². The molecule has 0 radical (unpaired) electrons. The van der Waals surface area contributed by atoms with Crippen LogP contribution in [0.5, 0.6) is 0 Å². The van der Waals surface area contributed by atoms with Crippen molar-refractivity contribution in [3.63, 3.8) is 0 Å². The van der Waals surface area contributed by atoms with E-state index in [1.165, 1.54) is 18.6 Å². The summed E-state index contributed by atoms with van der Waals surface area (Å²) in [5.41, 5.74) is 1.21. The van der Waals surface area contributed by atoms with Crippen LogP contribution in [0.25, 0.3) is 6.08 Å². The fourth-order valence-electron chi connectivity index (χ4n) is 2.58. The Morgan fingerprint density at radius 1 is 1.22 bits per heavy atom. The molecule has 0 aliphatic heterocycles. The molecule has 0 atom stereocenters. The Morgan fingerprint density at radius 2 is 1.94 bits per heavy atom. The van der Waals surface area contributed by atoms with Crippen LogP contribution in [0.1, 0.15) is 37.7 Å². The SMILES string of the molecule is OCC(=Cc1ccc(F)cc1F)C1CCCCC1. The van der Waals surface area contributed by atoms with Crippen molar-refractivity contribution in [3.05, 3.63) is 41.0 Å². The maximum absolute atomic E-state index is 13.5. The molecule has 0 aromatic heterocycles. The van der Waals surface area contributed by atoms with E-state index in [1.807, 2.05) is 0 Å². The van der Waals surface area contributed by atoms with Gasteiger partial charge in [0.05, 0.1) is 6.61 Å². The summed E-state index contributed by atoms with van der Waals surface area (Å²) in [4.78, 5) is 0. The molecule has 18 heavy (non-hydrogen) atoms. The summed E-state index contributed by atoms with van der Waals surface area (Å²) >= 11 is 0. The third-order valence-corrected chi connectivity index (χ3v) is 3.62. The van der Waals surface area contributed by atoms with Gasteiger partial charge in [-0.2, -0.15) is 0 Å². The van der Waals surface area contributed by atoms with Gasteiger partial charge in [0, 0.05) is 11.6 Å². The van der Waals surface area contributed by atoms with Gasteiger partial charge in [0.2, 0.25) is 0 Å². The molecule has 1 saturated carbocycles. The standard InChI is InChI=1S/C15H18F2O/c16-14-7-6-12(15(17)9-14)8-13(10-18)11-4-2-1-3-5-11/h6-9,11,18H,1-5,10H2. The van der Waals surface area contributed by atoms with Gasteiger partial charge < -0.3 is 5.11 Å². The van der Waals surface area contributed by atoms with Crippen molar-refractivity contribution >= 4 is 6.08 Å². The average molecular weight is 252 g/mol. The predicted octanol–water partition coefficient (Wildman–Crippen LogP) is 3.92. The van der Waals surface area contributed by atoms with E-state index < -0.39 is 11.6 Å². The Hall–Kier alpha value is -1.22. The topological polar surface area (TPSA) is 20.2 Å². The first-order valence-corrected chi connectivity index (χ1v) is 6.47. The van der Waals surface area contributed by atoms with Crippen LogP contribution in [0.3, 0.4) is 0 Å². The van der Waals surface area contributed by atoms with E-state index in [0.717, 1.165) is 37.3 Å². The van der Waals surface area contributed by atoms with Crippen molar-refractivity contribution in [1.29, 1.82) is 0 Å². The van der Waals surface area contributed by atoms with E-state index in [4.69, 9.17) is 0 Å². The largest absolute Gasteiger partial charge is 0.392 e. The van der Waals surface area contributed by atoms with Gasteiger partial charge in [0.1, 0.15) is 11.6 Å². The fourth-order valence-corrected chi connectivity index (χ4v) is 2.58. The zero-order valence-electron chi connectivity index (χ0n) is 10.3. The van der Waals surface area contributed by atoms with Crippen LogP contribution in [0.15, 0.2) is 23.8 Å². The molecule has 3 heteroatoms. The number of benzene rings is 1. The number of hydrogen-bond donors (Lipinski definition) is 1. The molecule has 0 heterocycles. The second kappa shape index (κ2) is 6.10. The van der Waals surface area contributed by atoms with Crippen LogP contribution < -0.4 is 0 Å². The molecule has 1 aliphatic carbocycles. The molecule has 0 bridgehead atoms. The van der Waals surface area contributed by atoms with Crippen molar-refractivity contribution < 1.29 is 13.9 Å². The van der Waals surface area contributed by atoms with Gasteiger partial charge in [-0.15, -0.1) is 0 Å². The Morgan fingerprint density at radius 3 is 2.56 bits per heavy atom. The molecule has 1 nitrogen and oxygen atoms in total. The van der Waals surface area contributed by atoms with Gasteiger partial charge in [-0.1, -0.05) is 25.3 Å². The molecule has 1 aromatic rings. The molecule has 0 amide bonds. The van der Waals surface area contributed by atoms with E-state index >= 15 is 0 Å². The molecule has 0 saturated heterocycles. The van der Waals surface area contributed by atoms with Gasteiger partial charge in [-0.25, -0.2) is 8.78 Å². The zero-order valence-corrected chi connectivity index (χ0v) is 10.3. The Bertz CT molecular complexity index is 434. The normalized spacial score (nSPS) is 18.1. The van der Waals surface area contributed by atoms with Gasteiger partial charge >= 0.3 is 0 Å². The first kappa shape index (κ1) is 13.2. The minimum Gasteiger partial charge on any atom is -0.392 e. The maximum Gasteiger partial charge on any atom is 0.133 e. The van der Waals surface area contributed by atoms with E-state index in [9.17, 15) is 13.9 Å².